The first-order valence-corrected chi connectivity index (χ1v) is 9.92. The summed E-state index contributed by atoms with van der Waals surface area (Å²) < 4.78 is 1.65. The van der Waals surface area contributed by atoms with Crippen molar-refractivity contribution in [2.24, 2.45) is 5.92 Å². The Balaban J connectivity index is 1.39. The Hall–Kier alpha value is -4.32. The van der Waals surface area contributed by atoms with E-state index in [4.69, 9.17) is 5.26 Å². The number of carbonyl (C=O) groups is 1. The summed E-state index contributed by atoms with van der Waals surface area (Å²) >= 11 is 0. The lowest BCUT2D eigenvalue weighted by molar-refractivity contribution is -0.122. The average Bonchev–Trinajstić information content (AvgIpc) is 3.58. The SMILES string of the molecule is N#Cc1ccc(Nc2ncc3nnn(-c4cccc(CNC(=O)C5CC5)c4)c3n2)cc1. The second-order valence-corrected chi connectivity index (χ2v) is 7.38. The first kappa shape index (κ1) is 18.7. The zero-order valence-electron chi connectivity index (χ0n) is 16.5. The van der Waals surface area contributed by atoms with Gasteiger partial charge in [0.15, 0.2) is 11.2 Å². The second-order valence-electron chi connectivity index (χ2n) is 7.38. The van der Waals surface area contributed by atoms with E-state index in [-0.39, 0.29) is 11.8 Å². The van der Waals surface area contributed by atoms with Gasteiger partial charge >= 0.3 is 0 Å². The van der Waals surface area contributed by atoms with Crippen LogP contribution in [-0.4, -0.2) is 30.9 Å². The molecule has 152 valence electrons. The van der Waals surface area contributed by atoms with E-state index >= 15 is 0 Å². The van der Waals surface area contributed by atoms with E-state index in [9.17, 15) is 4.79 Å². The molecule has 0 unspecified atom stereocenters. The lowest BCUT2D eigenvalue weighted by Crippen LogP contribution is -2.24. The zero-order chi connectivity index (χ0) is 21.2. The number of anilines is 2. The highest BCUT2D eigenvalue weighted by molar-refractivity contribution is 5.80. The van der Waals surface area contributed by atoms with Crippen molar-refractivity contribution in [2.45, 2.75) is 19.4 Å². The number of amides is 1. The molecule has 0 bridgehead atoms. The normalized spacial score (nSPS) is 13.0. The first-order chi connectivity index (χ1) is 15.2. The first-order valence-electron chi connectivity index (χ1n) is 9.92. The summed E-state index contributed by atoms with van der Waals surface area (Å²) in [5.74, 6) is 0.692. The van der Waals surface area contributed by atoms with Crippen LogP contribution in [0.15, 0.2) is 54.7 Å². The Bertz CT molecular complexity index is 1300. The molecule has 0 atom stereocenters. The Morgan fingerprint density at radius 1 is 1.19 bits per heavy atom. The molecule has 0 aliphatic heterocycles. The molecule has 9 nitrogen and oxygen atoms in total. The van der Waals surface area contributed by atoms with Gasteiger partial charge in [-0.1, -0.05) is 17.3 Å². The standard InChI is InChI=1S/C22H18N8O/c23-11-14-4-8-17(9-5-14)26-22-25-13-19-20(27-22)30(29-28-19)18-3-1-2-15(10-18)12-24-21(31)16-6-7-16/h1-5,8-10,13,16H,6-7,12H2,(H,24,31)(H,25,26,27). The van der Waals surface area contributed by atoms with Crippen LogP contribution in [0.25, 0.3) is 16.9 Å². The number of fused-ring (bicyclic) bond motifs is 1. The van der Waals surface area contributed by atoms with Crippen molar-refractivity contribution in [1.29, 1.82) is 5.26 Å². The molecule has 2 heterocycles. The lowest BCUT2D eigenvalue weighted by Gasteiger charge is -2.08. The van der Waals surface area contributed by atoms with Gasteiger partial charge in [0.25, 0.3) is 0 Å². The minimum Gasteiger partial charge on any atom is -0.352 e. The van der Waals surface area contributed by atoms with Gasteiger partial charge in [-0.25, -0.2) is 4.98 Å². The van der Waals surface area contributed by atoms with E-state index in [1.165, 1.54) is 0 Å². The summed E-state index contributed by atoms with van der Waals surface area (Å²) in [7, 11) is 0. The van der Waals surface area contributed by atoms with Crippen LogP contribution in [-0.2, 0) is 11.3 Å². The highest BCUT2D eigenvalue weighted by atomic mass is 16.2. The fourth-order valence-corrected chi connectivity index (χ4v) is 3.20. The summed E-state index contributed by atoms with van der Waals surface area (Å²) in [6, 6.07) is 16.9. The van der Waals surface area contributed by atoms with E-state index in [1.807, 2.05) is 24.3 Å². The smallest absolute Gasteiger partial charge is 0.229 e. The maximum atomic E-state index is 11.9. The van der Waals surface area contributed by atoms with Gasteiger partial charge in [0, 0.05) is 18.2 Å². The summed E-state index contributed by atoms with van der Waals surface area (Å²) in [6.45, 7) is 0.469. The molecule has 0 radical (unpaired) electrons. The molecule has 1 aliphatic carbocycles. The van der Waals surface area contributed by atoms with Crippen LogP contribution in [0.5, 0.6) is 0 Å². The number of rotatable bonds is 6. The highest BCUT2D eigenvalue weighted by Gasteiger charge is 2.29. The lowest BCUT2D eigenvalue weighted by atomic mass is 10.2. The second kappa shape index (κ2) is 7.84. The molecule has 1 fully saturated rings. The number of nitrogens with zero attached hydrogens (tertiary/aromatic N) is 6. The van der Waals surface area contributed by atoms with Crippen LogP contribution in [0, 0.1) is 17.2 Å². The largest absolute Gasteiger partial charge is 0.352 e. The number of nitrogens with one attached hydrogen (secondary N) is 2. The molecule has 0 saturated heterocycles. The van der Waals surface area contributed by atoms with E-state index in [0.29, 0.717) is 29.2 Å². The molecule has 5 rings (SSSR count). The van der Waals surface area contributed by atoms with Crippen molar-refractivity contribution >= 4 is 28.7 Å². The number of nitriles is 1. The van der Waals surface area contributed by atoms with Crippen molar-refractivity contribution in [2.75, 3.05) is 5.32 Å². The Morgan fingerprint density at radius 2 is 2.03 bits per heavy atom. The molecular formula is C22H18N8O. The van der Waals surface area contributed by atoms with E-state index in [2.05, 4.69) is 37.0 Å². The predicted octanol–water partition coefficient (Wildman–Crippen LogP) is 2.85. The van der Waals surface area contributed by atoms with Crippen molar-refractivity contribution in [3.63, 3.8) is 0 Å². The van der Waals surface area contributed by atoms with Crippen LogP contribution in [0.2, 0.25) is 0 Å². The molecule has 31 heavy (non-hydrogen) atoms. The van der Waals surface area contributed by atoms with Gasteiger partial charge in [-0.15, -0.1) is 5.10 Å². The summed E-state index contributed by atoms with van der Waals surface area (Å²) in [5.41, 5.74) is 4.25. The number of carbonyl (C=O) groups excluding carboxylic acids is 1. The minimum atomic E-state index is 0.114. The number of hydrogen-bond donors (Lipinski definition) is 2. The molecule has 4 aromatic rings. The fraction of sp³-hybridized carbons (Fsp3) is 0.182. The number of benzene rings is 2. The van der Waals surface area contributed by atoms with Crippen LogP contribution in [0.3, 0.4) is 0 Å². The van der Waals surface area contributed by atoms with Gasteiger partial charge in [0.2, 0.25) is 11.9 Å². The minimum absolute atomic E-state index is 0.114. The van der Waals surface area contributed by atoms with E-state index in [1.54, 1.807) is 35.1 Å². The molecule has 9 heteroatoms. The van der Waals surface area contributed by atoms with Gasteiger partial charge < -0.3 is 10.6 Å². The van der Waals surface area contributed by atoms with Crippen LogP contribution >= 0.6 is 0 Å². The van der Waals surface area contributed by atoms with Crippen molar-refractivity contribution in [1.82, 2.24) is 30.3 Å². The quantitative estimate of drug-likeness (QED) is 0.501. The number of hydrogen-bond acceptors (Lipinski definition) is 7. The Kier molecular flexibility index (Phi) is 4.72. The highest BCUT2D eigenvalue weighted by Crippen LogP contribution is 2.28. The van der Waals surface area contributed by atoms with Crippen molar-refractivity contribution < 1.29 is 4.79 Å². The maximum absolute atomic E-state index is 11.9. The molecule has 2 N–H and O–H groups in total. The molecule has 1 saturated carbocycles. The zero-order valence-corrected chi connectivity index (χ0v) is 16.5. The Morgan fingerprint density at radius 3 is 2.81 bits per heavy atom. The van der Waals surface area contributed by atoms with Crippen LogP contribution < -0.4 is 10.6 Å². The molecule has 2 aromatic heterocycles. The van der Waals surface area contributed by atoms with Gasteiger partial charge in [0.05, 0.1) is 23.5 Å². The van der Waals surface area contributed by atoms with Crippen LogP contribution in [0.1, 0.15) is 24.0 Å². The van der Waals surface area contributed by atoms with Gasteiger partial charge in [-0.2, -0.15) is 14.9 Å². The van der Waals surface area contributed by atoms with E-state index < -0.39 is 0 Å². The summed E-state index contributed by atoms with van der Waals surface area (Å²) in [4.78, 5) is 20.8. The number of aromatic nitrogens is 5. The van der Waals surface area contributed by atoms with Gasteiger partial charge in [-0.3, -0.25) is 4.79 Å². The molecule has 2 aromatic carbocycles. The van der Waals surface area contributed by atoms with E-state index in [0.717, 1.165) is 29.8 Å². The molecule has 0 spiro atoms. The fourth-order valence-electron chi connectivity index (χ4n) is 3.20. The maximum Gasteiger partial charge on any atom is 0.229 e. The summed E-state index contributed by atoms with van der Waals surface area (Å²) in [6.07, 6.45) is 3.57. The summed E-state index contributed by atoms with van der Waals surface area (Å²) in [5, 5.41) is 23.4. The van der Waals surface area contributed by atoms with Crippen molar-refractivity contribution in [3.05, 3.63) is 65.9 Å². The molecular weight excluding hydrogens is 392 g/mol. The predicted molar refractivity (Wildman–Crippen MR) is 113 cm³/mol. The Labute approximate surface area is 177 Å². The monoisotopic (exact) mass is 410 g/mol. The van der Waals surface area contributed by atoms with Gasteiger partial charge in [0.1, 0.15) is 0 Å². The average molecular weight is 410 g/mol. The topological polar surface area (TPSA) is 121 Å². The van der Waals surface area contributed by atoms with Crippen molar-refractivity contribution in [3.8, 4) is 11.8 Å². The van der Waals surface area contributed by atoms with Gasteiger partial charge in [-0.05, 0) is 54.8 Å². The molecule has 1 aliphatic rings. The third kappa shape index (κ3) is 4.04. The van der Waals surface area contributed by atoms with Crippen LogP contribution in [0.4, 0.5) is 11.6 Å². The third-order valence-electron chi connectivity index (χ3n) is 5.03. The third-order valence-corrected chi connectivity index (χ3v) is 5.03. The molecule has 1 amide bonds.